The van der Waals surface area contributed by atoms with E-state index < -0.39 is 0 Å². The van der Waals surface area contributed by atoms with Gasteiger partial charge in [-0.25, -0.2) is 0 Å². The van der Waals surface area contributed by atoms with Crippen molar-refractivity contribution in [2.24, 2.45) is 4.99 Å². The van der Waals surface area contributed by atoms with Crippen LogP contribution in [-0.4, -0.2) is 11.9 Å². The molecule has 0 heterocycles. The monoisotopic (exact) mass is 346 g/mol. The van der Waals surface area contributed by atoms with Crippen molar-refractivity contribution in [2.45, 2.75) is 38.1 Å². The Morgan fingerprint density at radius 2 is 1.70 bits per heavy atom. The van der Waals surface area contributed by atoms with Crippen LogP contribution < -0.4 is 5.32 Å². The molecule has 3 rings (SSSR count). The van der Waals surface area contributed by atoms with Crippen LogP contribution >= 0.6 is 23.2 Å². The van der Waals surface area contributed by atoms with Crippen molar-refractivity contribution in [2.75, 3.05) is 5.32 Å². The summed E-state index contributed by atoms with van der Waals surface area (Å²) in [5, 5.41) is 4.63. The van der Waals surface area contributed by atoms with E-state index in [4.69, 9.17) is 28.2 Å². The minimum absolute atomic E-state index is 0.387. The van der Waals surface area contributed by atoms with Gasteiger partial charge in [0.25, 0.3) is 0 Å². The average molecular weight is 347 g/mol. The van der Waals surface area contributed by atoms with Crippen molar-refractivity contribution in [3.8, 4) is 0 Å². The van der Waals surface area contributed by atoms with Gasteiger partial charge in [0.05, 0.1) is 16.8 Å². The highest BCUT2D eigenvalue weighted by Gasteiger charge is 2.15. The first kappa shape index (κ1) is 16.4. The van der Waals surface area contributed by atoms with Crippen molar-refractivity contribution in [1.82, 2.24) is 0 Å². The van der Waals surface area contributed by atoms with Crippen molar-refractivity contribution in [3.63, 3.8) is 0 Å². The fourth-order valence-electron chi connectivity index (χ4n) is 2.89. The Bertz CT molecular complexity index is 677. The van der Waals surface area contributed by atoms with Crippen molar-refractivity contribution in [3.05, 3.63) is 64.1 Å². The molecule has 0 aromatic heterocycles. The SMILES string of the molecule is Clc1ccc(NC(=NC2CCCCC2)c2ccccc2)c(Cl)c1. The van der Waals surface area contributed by atoms with Crippen LogP contribution in [0.5, 0.6) is 0 Å². The molecule has 23 heavy (non-hydrogen) atoms. The van der Waals surface area contributed by atoms with Gasteiger partial charge in [0, 0.05) is 10.6 Å². The van der Waals surface area contributed by atoms with Crippen LogP contribution in [0.15, 0.2) is 53.5 Å². The smallest absolute Gasteiger partial charge is 0.133 e. The molecule has 0 atom stereocenters. The maximum atomic E-state index is 6.30. The second-order valence-corrected chi connectivity index (χ2v) is 6.73. The summed E-state index contributed by atoms with van der Waals surface area (Å²) in [6.45, 7) is 0. The zero-order valence-electron chi connectivity index (χ0n) is 12.9. The Kier molecular flexibility index (Phi) is 5.58. The largest absolute Gasteiger partial charge is 0.339 e. The molecule has 4 heteroatoms. The normalized spacial score (nSPS) is 16.3. The molecule has 1 N–H and O–H groups in total. The minimum atomic E-state index is 0.387. The van der Waals surface area contributed by atoms with Crippen LogP contribution in [0.1, 0.15) is 37.7 Å². The molecular weight excluding hydrogens is 327 g/mol. The van der Waals surface area contributed by atoms with Gasteiger partial charge in [-0.05, 0) is 31.0 Å². The number of aliphatic imine (C=N–C) groups is 1. The predicted molar refractivity (Wildman–Crippen MR) is 99.9 cm³/mol. The lowest BCUT2D eigenvalue weighted by molar-refractivity contribution is 0.443. The molecule has 0 unspecified atom stereocenters. The Balaban J connectivity index is 1.90. The third kappa shape index (κ3) is 4.49. The molecule has 0 radical (unpaired) electrons. The molecule has 1 aliphatic carbocycles. The van der Waals surface area contributed by atoms with E-state index in [1.807, 2.05) is 30.3 Å². The maximum absolute atomic E-state index is 6.30. The number of amidine groups is 1. The van der Waals surface area contributed by atoms with Crippen LogP contribution in [-0.2, 0) is 0 Å². The van der Waals surface area contributed by atoms with Crippen LogP contribution in [0.4, 0.5) is 5.69 Å². The summed E-state index contributed by atoms with van der Waals surface area (Å²) >= 11 is 12.3. The lowest BCUT2D eigenvalue weighted by atomic mass is 9.96. The second kappa shape index (κ2) is 7.85. The zero-order chi connectivity index (χ0) is 16.1. The van der Waals surface area contributed by atoms with Crippen LogP contribution in [0, 0.1) is 0 Å². The van der Waals surface area contributed by atoms with Gasteiger partial charge in [-0.3, -0.25) is 4.99 Å². The summed E-state index contributed by atoms with van der Waals surface area (Å²) in [5.41, 5.74) is 1.90. The molecular formula is C19H20Cl2N2. The highest BCUT2D eigenvalue weighted by molar-refractivity contribution is 6.36. The Morgan fingerprint density at radius 3 is 2.39 bits per heavy atom. The van der Waals surface area contributed by atoms with E-state index >= 15 is 0 Å². The zero-order valence-corrected chi connectivity index (χ0v) is 14.4. The average Bonchev–Trinajstić information content (AvgIpc) is 2.58. The molecule has 0 saturated heterocycles. The summed E-state index contributed by atoms with van der Waals surface area (Å²) in [6.07, 6.45) is 6.16. The molecule has 2 aromatic carbocycles. The van der Waals surface area contributed by atoms with Gasteiger partial charge in [0.15, 0.2) is 0 Å². The number of hydrogen-bond acceptors (Lipinski definition) is 1. The highest BCUT2D eigenvalue weighted by atomic mass is 35.5. The van der Waals surface area contributed by atoms with Gasteiger partial charge in [-0.15, -0.1) is 0 Å². The van der Waals surface area contributed by atoms with Gasteiger partial charge in [-0.2, -0.15) is 0 Å². The molecule has 1 fully saturated rings. The van der Waals surface area contributed by atoms with Crippen molar-refractivity contribution < 1.29 is 0 Å². The summed E-state index contributed by atoms with van der Waals surface area (Å²) in [7, 11) is 0. The topological polar surface area (TPSA) is 24.4 Å². The number of halogens is 2. The van der Waals surface area contributed by atoms with Gasteiger partial charge in [0.2, 0.25) is 0 Å². The fourth-order valence-corrected chi connectivity index (χ4v) is 3.34. The molecule has 1 saturated carbocycles. The molecule has 1 aliphatic rings. The number of rotatable bonds is 3. The lowest BCUT2D eigenvalue weighted by Crippen LogP contribution is -2.19. The summed E-state index contributed by atoms with van der Waals surface area (Å²) in [6, 6.07) is 16.1. The predicted octanol–water partition coefficient (Wildman–Crippen LogP) is 6.18. The van der Waals surface area contributed by atoms with Gasteiger partial charge >= 0.3 is 0 Å². The standard InChI is InChI=1S/C19H20Cl2N2/c20-15-11-12-18(17(21)13-15)23-19(14-7-3-1-4-8-14)22-16-9-5-2-6-10-16/h1,3-4,7-8,11-13,16H,2,5-6,9-10H2,(H,22,23). The quantitative estimate of drug-likeness (QED) is 0.520. The molecule has 2 aromatic rings. The Hall–Kier alpha value is -1.51. The number of benzene rings is 2. The first-order chi connectivity index (χ1) is 11.2. The molecule has 2 nitrogen and oxygen atoms in total. The van der Waals surface area contributed by atoms with Crippen molar-refractivity contribution >= 4 is 34.7 Å². The maximum Gasteiger partial charge on any atom is 0.133 e. The summed E-state index contributed by atoms with van der Waals surface area (Å²) in [4.78, 5) is 4.98. The molecule has 0 spiro atoms. The first-order valence-electron chi connectivity index (χ1n) is 8.07. The molecule has 0 aliphatic heterocycles. The summed E-state index contributed by atoms with van der Waals surface area (Å²) < 4.78 is 0. The fraction of sp³-hybridized carbons (Fsp3) is 0.316. The van der Waals surface area contributed by atoms with E-state index in [0.29, 0.717) is 16.1 Å². The number of nitrogens with one attached hydrogen (secondary N) is 1. The lowest BCUT2D eigenvalue weighted by Gasteiger charge is -2.20. The van der Waals surface area contributed by atoms with E-state index in [2.05, 4.69) is 17.4 Å². The highest BCUT2D eigenvalue weighted by Crippen LogP contribution is 2.27. The molecule has 0 amide bonds. The molecule has 0 bridgehead atoms. The Morgan fingerprint density at radius 1 is 0.957 bits per heavy atom. The van der Waals surface area contributed by atoms with E-state index in [1.54, 1.807) is 6.07 Å². The van der Waals surface area contributed by atoms with Gasteiger partial charge < -0.3 is 5.32 Å². The number of anilines is 1. The van der Waals surface area contributed by atoms with Crippen LogP contribution in [0.25, 0.3) is 0 Å². The molecule has 120 valence electrons. The third-order valence-corrected chi connectivity index (χ3v) is 4.67. The van der Waals surface area contributed by atoms with E-state index in [1.165, 1.54) is 19.3 Å². The number of nitrogens with zero attached hydrogens (tertiary/aromatic N) is 1. The Labute approximate surface area is 147 Å². The number of hydrogen-bond donors (Lipinski definition) is 1. The van der Waals surface area contributed by atoms with Crippen molar-refractivity contribution in [1.29, 1.82) is 0 Å². The van der Waals surface area contributed by atoms with E-state index in [-0.39, 0.29) is 0 Å². The van der Waals surface area contributed by atoms with E-state index in [0.717, 1.165) is 29.9 Å². The van der Waals surface area contributed by atoms with Gasteiger partial charge in [0.1, 0.15) is 5.84 Å². The van der Waals surface area contributed by atoms with Crippen LogP contribution in [0.2, 0.25) is 10.0 Å². The first-order valence-corrected chi connectivity index (χ1v) is 8.83. The van der Waals surface area contributed by atoms with Gasteiger partial charge in [-0.1, -0.05) is 72.8 Å². The minimum Gasteiger partial charge on any atom is -0.339 e. The third-order valence-electron chi connectivity index (χ3n) is 4.12. The van der Waals surface area contributed by atoms with E-state index in [9.17, 15) is 0 Å². The second-order valence-electron chi connectivity index (χ2n) is 5.88. The van der Waals surface area contributed by atoms with Crippen LogP contribution in [0.3, 0.4) is 0 Å². The summed E-state index contributed by atoms with van der Waals surface area (Å²) in [5.74, 6) is 0.877.